The first-order chi connectivity index (χ1) is 4.24. The summed E-state index contributed by atoms with van der Waals surface area (Å²) in [6.45, 7) is 0. The minimum atomic E-state index is -2.27. The summed E-state index contributed by atoms with van der Waals surface area (Å²) >= 11 is -5.95. The predicted octanol–water partition coefficient (Wildman–Crippen LogP) is 1.29. The van der Waals surface area contributed by atoms with Gasteiger partial charge in [-0.2, -0.15) is 0 Å². The van der Waals surface area contributed by atoms with Crippen molar-refractivity contribution in [2.45, 2.75) is 14.9 Å². The molecule has 0 fully saturated rings. The molecule has 10 heavy (non-hydrogen) atoms. The van der Waals surface area contributed by atoms with E-state index in [1.807, 2.05) is 0 Å². The molecular formula is C2H9IO5Zr2. The van der Waals surface area contributed by atoms with E-state index in [0.717, 1.165) is 0 Å². The van der Waals surface area contributed by atoms with Gasteiger partial charge in [-0.15, -0.1) is 0 Å². The van der Waals surface area contributed by atoms with Gasteiger partial charge < -0.3 is 0 Å². The third-order valence-corrected chi connectivity index (χ3v) is 0. The second-order valence-corrected chi connectivity index (χ2v) is 0.986. The van der Waals surface area contributed by atoms with E-state index in [9.17, 15) is 0 Å². The van der Waals surface area contributed by atoms with E-state index >= 15 is 0 Å². The van der Waals surface area contributed by atoms with Gasteiger partial charge in [0.15, 0.2) is 0 Å². The third kappa shape index (κ3) is 306. The summed E-state index contributed by atoms with van der Waals surface area (Å²) in [6.07, 6.45) is 0. The molecule has 0 bridgehead atoms. The van der Waals surface area contributed by atoms with Gasteiger partial charge in [-0.3, -0.25) is 3.07 Å². The van der Waals surface area contributed by atoms with Crippen molar-refractivity contribution in [2.24, 2.45) is 0 Å². The van der Waals surface area contributed by atoms with E-state index in [1.165, 1.54) is 0 Å². The fraction of sp³-hybridized carbons (Fsp3) is 1.00. The zero-order valence-corrected chi connectivity index (χ0v) is 10.5. The Balaban J connectivity index is -0.0000000150. The molecule has 0 aromatic carbocycles. The number of rotatable bonds is 0. The molecular weight excluding hydrogens is 413 g/mol. The normalized spacial score (nSPS) is 3.40. The first kappa shape index (κ1) is 22.5. The zero-order chi connectivity index (χ0) is 8.12. The van der Waals surface area contributed by atoms with Gasteiger partial charge >= 0.3 is 57.7 Å². The zero-order valence-electron chi connectivity index (χ0n) is 4.42. The summed E-state index contributed by atoms with van der Waals surface area (Å²) in [4.78, 5) is 0. The Hall–Kier alpha value is 1.50. The molecule has 0 aliphatic heterocycles. The van der Waals surface area contributed by atoms with Gasteiger partial charge in [0.05, 0.1) is 0 Å². The fourth-order valence-electron chi connectivity index (χ4n) is 0. The molecule has 62 valence electrons. The third-order valence-electron chi connectivity index (χ3n) is 0. The average Bonchev–Trinajstić information content (AvgIpc) is 1.70. The first-order valence-corrected chi connectivity index (χ1v) is 5.87. The van der Waals surface area contributed by atoms with Crippen LogP contribution in [0.3, 0.4) is 0 Å². The van der Waals surface area contributed by atoms with Crippen molar-refractivity contribution in [3.8, 4) is 0 Å². The number of hydrogen-bond donors (Lipinski definition) is 0. The molecule has 0 radical (unpaired) electrons. The van der Waals surface area contributed by atoms with Gasteiger partial charge in [0.1, 0.15) is 23.0 Å². The van der Waals surface area contributed by atoms with Crippen molar-refractivity contribution >= 4 is 22.4 Å². The number of hydrogen-bond acceptors (Lipinski definition) is 5. The Labute approximate surface area is 97.2 Å². The van der Waals surface area contributed by atoms with Gasteiger partial charge in [0, 0.05) is 0 Å². The summed E-state index contributed by atoms with van der Waals surface area (Å²) in [6, 6.07) is 0. The van der Waals surface area contributed by atoms with Crippen molar-refractivity contribution in [3.63, 3.8) is 0 Å². The van der Waals surface area contributed by atoms with Crippen LogP contribution in [-0.2, 0) is 60.8 Å². The van der Waals surface area contributed by atoms with Gasteiger partial charge in [-0.25, -0.2) is 0 Å². The summed E-state index contributed by atoms with van der Waals surface area (Å²) < 4.78 is 48.7. The molecule has 0 amide bonds. The quantitative estimate of drug-likeness (QED) is 0.547. The standard InChI is InChI=1S/2CH4.HIO.4O.2Zr/c;;1-2;;;;;;/h2*1H4;1H;;;;;;/i;;1T;;;;;;. The molecule has 0 saturated carbocycles. The van der Waals surface area contributed by atoms with Crippen LogP contribution in [0.5, 0.6) is 0 Å². The van der Waals surface area contributed by atoms with Crippen molar-refractivity contribution in [2.75, 3.05) is 0 Å². The van der Waals surface area contributed by atoms with Gasteiger partial charge in [0.25, 0.3) is 0 Å². The molecule has 0 heterocycles. The minimum absolute atomic E-state index is 0. The van der Waals surface area contributed by atoms with E-state index in [-0.39, 0.29) is 14.9 Å². The molecule has 0 aliphatic carbocycles. The van der Waals surface area contributed by atoms with Gasteiger partial charge in [-0.05, 0) is 0 Å². The summed E-state index contributed by atoms with van der Waals surface area (Å²) in [5.74, 6) is 0. The maximum atomic E-state index is 8.71. The van der Waals surface area contributed by atoms with Crippen LogP contribution in [0.15, 0.2) is 0 Å². The van der Waals surface area contributed by atoms with E-state index in [4.69, 9.17) is 14.9 Å². The molecule has 0 N–H and O–H groups in total. The molecule has 0 rings (SSSR count). The maximum absolute atomic E-state index is 8.71. The second-order valence-electron chi connectivity index (χ2n) is 0.167. The van der Waals surface area contributed by atoms with E-state index < -0.39 is 68.9 Å². The predicted molar refractivity (Wildman–Crippen MR) is 32.3 cm³/mol. The van der Waals surface area contributed by atoms with Crippen molar-refractivity contribution in [1.29, 1.82) is 0.594 Å². The van der Waals surface area contributed by atoms with Gasteiger partial charge in [-0.1, -0.05) is 14.9 Å². The Morgan fingerprint density at radius 3 is 1.00 bits per heavy atom. The molecule has 5 nitrogen and oxygen atoms in total. The van der Waals surface area contributed by atoms with Crippen LogP contribution in [-0.4, -0.2) is 0.594 Å². The van der Waals surface area contributed by atoms with Crippen LogP contribution in [0, 0.1) is 0 Å². The Morgan fingerprint density at radius 2 is 1.00 bits per heavy atom. The Kier molecular flexibility index (Phi) is 175. The van der Waals surface area contributed by atoms with Crippen LogP contribution in [0.4, 0.5) is 0 Å². The molecule has 0 unspecified atom stereocenters. The fourth-order valence-corrected chi connectivity index (χ4v) is 0. The molecule has 0 aromatic heterocycles. The first-order valence-electron chi connectivity index (χ1n) is 1.35. The molecule has 8 heteroatoms. The summed E-state index contributed by atoms with van der Waals surface area (Å²) in [7, 11) is 0. The Morgan fingerprint density at radius 1 is 1.00 bits per heavy atom. The topological polar surface area (TPSA) is 85.3 Å². The average molecular weight is 424 g/mol. The van der Waals surface area contributed by atoms with Crippen molar-refractivity contribution in [3.05, 3.63) is 0 Å². The Bertz CT molecular complexity index is 106. The van der Waals surface area contributed by atoms with Crippen LogP contribution >= 0.6 is 22.4 Å². The summed E-state index contributed by atoms with van der Waals surface area (Å²) in [5.41, 5.74) is 0. The van der Waals surface area contributed by atoms with Crippen molar-refractivity contribution < 1.29 is 60.8 Å². The van der Waals surface area contributed by atoms with Crippen LogP contribution < -0.4 is 0 Å². The molecule has 0 saturated heterocycles. The molecule has 0 atom stereocenters. The van der Waals surface area contributed by atoms with Crippen LogP contribution in [0.25, 0.3) is 0 Å². The molecule has 0 aromatic rings. The van der Waals surface area contributed by atoms with Crippen molar-refractivity contribution in [1.82, 2.24) is 0 Å². The van der Waals surface area contributed by atoms with Crippen LogP contribution in [0.2, 0.25) is 0 Å². The molecule has 0 spiro atoms. The van der Waals surface area contributed by atoms with E-state index in [2.05, 4.69) is 0 Å². The van der Waals surface area contributed by atoms with E-state index in [0.29, 0.717) is 0 Å². The van der Waals surface area contributed by atoms with E-state index in [1.54, 1.807) is 0 Å². The molecule has 0 aliphatic rings. The monoisotopic (exact) mass is 422 g/mol. The SMILES string of the molecule is C.C.[3H]I=O.[O]=[Zr]=[O].[O]=[Zr]=[O]. The summed E-state index contributed by atoms with van der Waals surface area (Å²) in [5, 5.41) is 0. The van der Waals surface area contributed by atoms with Crippen LogP contribution in [0.1, 0.15) is 14.9 Å². The second kappa shape index (κ2) is 77.4. The van der Waals surface area contributed by atoms with Gasteiger partial charge in [0.2, 0.25) is 0 Å². The number of halogens is 1.